The van der Waals surface area contributed by atoms with Gasteiger partial charge in [-0.15, -0.1) is 0 Å². The van der Waals surface area contributed by atoms with Gasteiger partial charge in [-0.05, 0) is 23.3 Å². The predicted molar refractivity (Wildman–Crippen MR) is 103 cm³/mol. The van der Waals surface area contributed by atoms with Crippen molar-refractivity contribution in [3.05, 3.63) is 58.1 Å². The van der Waals surface area contributed by atoms with Crippen molar-refractivity contribution in [2.45, 2.75) is 10.4 Å². The standard InChI is InChI=1S/C17H15Cl3N2O4/c1-21(2)14-9-5-8-13(15(14)22(24)25)12-7-4-3-6-11(12)10-26-16(23)17(18,19)20/h3-9H,10H2,1-2H3. The maximum atomic E-state index is 11.7. The molecule has 0 amide bonds. The first-order valence-electron chi connectivity index (χ1n) is 7.40. The van der Waals surface area contributed by atoms with E-state index in [1.165, 1.54) is 0 Å². The van der Waals surface area contributed by atoms with Crippen molar-refractivity contribution in [2.24, 2.45) is 0 Å². The minimum absolute atomic E-state index is 0.0438. The molecule has 0 aliphatic carbocycles. The van der Waals surface area contributed by atoms with E-state index < -0.39 is 14.7 Å². The van der Waals surface area contributed by atoms with Crippen molar-refractivity contribution in [1.29, 1.82) is 0 Å². The van der Waals surface area contributed by atoms with Gasteiger partial charge in [-0.1, -0.05) is 65.1 Å². The molecule has 0 spiro atoms. The molecule has 0 unspecified atom stereocenters. The number of carbonyl (C=O) groups excluding carboxylic acids is 1. The molecule has 0 heterocycles. The van der Waals surface area contributed by atoms with Gasteiger partial charge in [-0.25, -0.2) is 4.79 Å². The molecule has 0 aliphatic rings. The Kier molecular flexibility index (Phi) is 6.34. The van der Waals surface area contributed by atoms with Crippen molar-refractivity contribution < 1.29 is 14.5 Å². The van der Waals surface area contributed by atoms with Crippen LogP contribution in [-0.2, 0) is 16.1 Å². The van der Waals surface area contributed by atoms with Crippen molar-refractivity contribution in [2.75, 3.05) is 19.0 Å². The number of anilines is 1. The Morgan fingerprint density at radius 1 is 1.12 bits per heavy atom. The highest BCUT2D eigenvalue weighted by atomic mass is 35.6. The molecule has 6 nitrogen and oxygen atoms in total. The van der Waals surface area contributed by atoms with Crippen LogP contribution in [0, 0.1) is 10.1 Å². The highest BCUT2D eigenvalue weighted by molar-refractivity contribution is 6.75. The van der Waals surface area contributed by atoms with Crippen molar-refractivity contribution >= 4 is 52.1 Å². The summed E-state index contributed by atoms with van der Waals surface area (Å²) in [6.07, 6.45) is 0. The average molecular weight is 418 g/mol. The van der Waals surface area contributed by atoms with Gasteiger partial charge in [0.1, 0.15) is 12.3 Å². The van der Waals surface area contributed by atoms with E-state index in [4.69, 9.17) is 39.5 Å². The molecular weight excluding hydrogens is 403 g/mol. The summed E-state index contributed by atoms with van der Waals surface area (Å²) >= 11 is 16.5. The summed E-state index contributed by atoms with van der Waals surface area (Å²) < 4.78 is 2.83. The number of ether oxygens (including phenoxy) is 1. The molecule has 2 aromatic rings. The summed E-state index contributed by atoms with van der Waals surface area (Å²) in [6.45, 7) is -0.188. The van der Waals surface area contributed by atoms with Crippen LogP contribution < -0.4 is 4.90 Å². The largest absolute Gasteiger partial charge is 0.458 e. The number of hydrogen-bond acceptors (Lipinski definition) is 5. The number of halogens is 3. The fraction of sp³-hybridized carbons (Fsp3) is 0.235. The molecule has 0 atom stereocenters. The van der Waals surface area contributed by atoms with E-state index in [-0.39, 0.29) is 12.3 Å². The lowest BCUT2D eigenvalue weighted by atomic mass is 9.97. The maximum Gasteiger partial charge on any atom is 0.358 e. The number of nitro benzene ring substituents is 1. The van der Waals surface area contributed by atoms with Crippen LogP contribution in [0.15, 0.2) is 42.5 Å². The van der Waals surface area contributed by atoms with Gasteiger partial charge in [0.2, 0.25) is 0 Å². The van der Waals surface area contributed by atoms with Gasteiger partial charge in [0.05, 0.1) is 10.5 Å². The summed E-state index contributed by atoms with van der Waals surface area (Å²) in [6, 6.07) is 11.9. The second-order valence-corrected chi connectivity index (χ2v) is 7.84. The molecule has 2 aromatic carbocycles. The van der Waals surface area contributed by atoms with E-state index in [0.717, 1.165) is 0 Å². The average Bonchev–Trinajstić information content (AvgIpc) is 2.58. The molecule has 0 aliphatic heterocycles. The molecule has 0 N–H and O–H groups in total. The van der Waals surface area contributed by atoms with E-state index in [1.807, 2.05) is 0 Å². The Labute approximate surface area is 165 Å². The first-order valence-corrected chi connectivity index (χ1v) is 8.53. The Balaban J connectivity index is 2.49. The van der Waals surface area contributed by atoms with Crippen LogP contribution in [0.3, 0.4) is 0 Å². The number of rotatable bonds is 5. The molecule has 0 saturated carbocycles. The Morgan fingerprint density at radius 3 is 2.31 bits per heavy atom. The van der Waals surface area contributed by atoms with Crippen LogP contribution in [-0.4, -0.2) is 28.8 Å². The highest BCUT2D eigenvalue weighted by Crippen LogP contribution is 2.39. The number of esters is 1. The molecule has 0 saturated heterocycles. The number of carbonyl (C=O) groups is 1. The lowest BCUT2D eigenvalue weighted by molar-refractivity contribution is -0.383. The number of benzene rings is 2. The van der Waals surface area contributed by atoms with Crippen molar-refractivity contribution in [3.63, 3.8) is 0 Å². The third kappa shape index (κ3) is 4.58. The van der Waals surface area contributed by atoms with E-state index in [1.54, 1.807) is 61.5 Å². The van der Waals surface area contributed by atoms with Crippen LogP contribution >= 0.6 is 34.8 Å². The van der Waals surface area contributed by atoms with Gasteiger partial charge in [0.25, 0.3) is 9.48 Å². The minimum Gasteiger partial charge on any atom is -0.458 e. The second-order valence-electron chi connectivity index (χ2n) is 5.56. The highest BCUT2D eigenvalue weighted by Gasteiger charge is 2.33. The number of hydrogen-bond donors (Lipinski definition) is 0. The van der Waals surface area contributed by atoms with Crippen molar-refractivity contribution in [1.82, 2.24) is 0 Å². The number of nitrogens with zero attached hydrogens (tertiary/aromatic N) is 2. The molecular formula is C17H15Cl3N2O4. The molecule has 9 heteroatoms. The van der Waals surface area contributed by atoms with Gasteiger partial charge in [-0.3, -0.25) is 10.1 Å². The van der Waals surface area contributed by atoms with Crippen LogP contribution in [0.2, 0.25) is 0 Å². The molecule has 138 valence electrons. The summed E-state index contributed by atoms with van der Waals surface area (Å²) in [5.41, 5.74) is 1.93. The van der Waals surface area contributed by atoms with Crippen LogP contribution in [0.4, 0.5) is 11.4 Å². The maximum absolute atomic E-state index is 11.7. The smallest absolute Gasteiger partial charge is 0.358 e. The lowest BCUT2D eigenvalue weighted by Gasteiger charge is -2.17. The summed E-state index contributed by atoms with van der Waals surface area (Å²) in [5.74, 6) is -1.02. The zero-order valence-electron chi connectivity index (χ0n) is 13.9. The van der Waals surface area contributed by atoms with E-state index in [0.29, 0.717) is 22.4 Å². The zero-order chi connectivity index (χ0) is 19.5. The summed E-state index contributed by atoms with van der Waals surface area (Å²) in [4.78, 5) is 24.6. The van der Waals surface area contributed by atoms with Gasteiger partial charge in [0.15, 0.2) is 0 Å². The fourth-order valence-electron chi connectivity index (χ4n) is 2.44. The lowest BCUT2D eigenvalue weighted by Crippen LogP contribution is -2.21. The summed E-state index contributed by atoms with van der Waals surface area (Å²) in [5, 5.41) is 11.7. The molecule has 0 radical (unpaired) electrons. The Hall–Kier alpha value is -2.02. The van der Waals surface area contributed by atoms with Crippen LogP contribution in [0.25, 0.3) is 11.1 Å². The van der Waals surface area contributed by atoms with Gasteiger partial charge in [0, 0.05) is 14.1 Å². The second kappa shape index (κ2) is 8.12. The third-order valence-electron chi connectivity index (χ3n) is 3.58. The number of alkyl halides is 3. The molecule has 0 fully saturated rings. The first-order chi connectivity index (χ1) is 12.1. The first kappa shape index (κ1) is 20.3. The number of nitro groups is 1. The molecule has 2 rings (SSSR count). The van der Waals surface area contributed by atoms with Gasteiger partial charge >= 0.3 is 5.97 Å². The quantitative estimate of drug-likeness (QED) is 0.304. The summed E-state index contributed by atoms with van der Waals surface area (Å²) in [7, 11) is 3.45. The predicted octanol–water partition coefficient (Wildman–Crippen LogP) is 4.74. The van der Waals surface area contributed by atoms with Crippen LogP contribution in [0.5, 0.6) is 0 Å². The van der Waals surface area contributed by atoms with Crippen molar-refractivity contribution in [3.8, 4) is 11.1 Å². The molecule has 0 bridgehead atoms. The van der Waals surface area contributed by atoms with E-state index in [2.05, 4.69) is 0 Å². The normalized spacial score (nSPS) is 11.1. The number of para-hydroxylation sites is 1. The topological polar surface area (TPSA) is 72.7 Å². The Bertz CT molecular complexity index is 835. The van der Waals surface area contributed by atoms with E-state index >= 15 is 0 Å². The molecule has 0 aromatic heterocycles. The minimum atomic E-state index is -2.19. The van der Waals surface area contributed by atoms with Gasteiger partial charge < -0.3 is 9.64 Å². The monoisotopic (exact) mass is 416 g/mol. The van der Waals surface area contributed by atoms with E-state index in [9.17, 15) is 14.9 Å². The molecule has 26 heavy (non-hydrogen) atoms. The Morgan fingerprint density at radius 2 is 1.73 bits per heavy atom. The van der Waals surface area contributed by atoms with Crippen LogP contribution in [0.1, 0.15) is 5.56 Å². The SMILES string of the molecule is CN(C)c1cccc(-c2ccccc2COC(=O)C(Cl)(Cl)Cl)c1[N+](=O)[O-]. The third-order valence-corrected chi connectivity index (χ3v) is 4.04. The fourth-order valence-corrected chi connectivity index (χ4v) is 2.60. The zero-order valence-corrected chi connectivity index (χ0v) is 16.2. The van der Waals surface area contributed by atoms with Gasteiger partial charge in [-0.2, -0.15) is 0 Å².